The molecule has 0 aromatic heterocycles. The molecule has 3 aromatic rings. The highest BCUT2D eigenvalue weighted by atomic mass is 14.4. The quantitative estimate of drug-likeness (QED) is 0.453. The fraction of sp³-hybridized carbons (Fsp3) is 0.280. The Morgan fingerprint density at radius 1 is 0.680 bits per heavy atom. The maximum atomic E-state index is 2.40. The van der Waals surface area contributed by atoms with Crippen LogP contribution in [0, 0.1) is 0 Å². The topological polar surface area (TPSA) is 0 Å². The lowest BCUT2D eigenvalue weighted by Gasteiger charge is -2.25. The van der Waals surface area contributed by atoms with Gasteiger partial charge in [-0.1, -0.05) is 95.3 Å². The number of rotatable bonds is 1. The molecule has 0 atom stereocenters. The highest BCUT2D eigenvalue weighted by Gasteiger charge is 2.38. The average Bonchev–Trinajstić information content (AvgIpc) is 2.82. The van der Waals surface area contributed by atoms with Gasteiger partial charge >= 0.3 is 0 Å². The Morgan fingerprint density at radius 2 is 1.40 bits per heavy atom. The summed E-state index contributed by atoms with van der Waals surface area (Å²) in [7, 11) is 0. The molecular weight excluding hydrogens is 300 g/mol. The minimum absolute atomic E-state index is 0.0384. The van der Waals surface area contributed by atoms with E-state index in [4.69, 9.17) is 0 Å². The Bertz CT molecular complexity index is 938. The van der Waals surface area contributed by atoms with Crippen LogP contribution in [0.15, 0.2) is 66.7 Å². The van der Waals surface area contributed by atoms with Crippen LogP contribution in [0.1, 0.15) is 51.3 Å². The first-order valence-electron chi connectivity index (χ1n) is 9.14. The second-order valence-corrected chi connectivity index (χ2v) is 8.73. The molecule has 0 spiro atoms. The number of hydrogen-bond donors (Lipinski definition) is 0. The van der Waals surface area contributed by atoms with Crippen molar-refractivity contribution in [2.75, 3.05) is 0 Å². The van der Waals surface area contributed by atoms with E-state index in [1.807, 2.05) is 0 Å². The summed E-state index contributed by atoms with van der Waals surface area (Å²) in [5.41, 5.74) is 9.98. The Hall–Kier alpha value is -2.34. The van der Waals surface area contributed by atoms with Crippen molar-refractivity contribution in [2.24, 2.45) is 0 Å². The van der Waals surface area contributed by atoms with Gasteiger partial charge in [-0.25, -0.2) is 0 Å². The molecule has 0 heteroatoms. The van der Waals surface area contributed by atoms with Gasteiger partial charge in [-0.3, -0.25) is 0 Å². The van der Waals surface area contributed by atoms with Gasteiger partial charge in [0.15, 0.2) is 0 Å². The molecule has 0 unspecified atom stereocenters. The third kappa shape index (κ3) is 2.43. The van der Waals surface area contributed by atoms with Crippen LogP contribution in [-0.4, -0.2) is 0 Å². The molecule has 25 heavy (non-hydrogen) atoms. The molecule has 0 nitrogen and oxygen atoms in total. The zero-order valence-corrected chi connectivity index (χ0v) is 15.9. The van der Waals surface area contributed by atoms with Crippen molar-refractivity contribution >= 4 is 0 Å². The predicted octanol–water partition coefficient (Wildman–Crippen LogP) is 6.96. The lowest BCUT2D eigenvalue weighted by Crippen LogP contribution is -2.17. The van der Waals surface area contributed by atoms with E-state index < -0.39 is 0 Å². The molecule has 0 bridgehead atoms. The molecule has 0 heterocycles. The maximum Gasteiger partial charge on any atom is 0.0159 e. The Kier molecular flexibility index (Phi) is 3.44. The van der Waals surface area contributed by atoms with Crippen LogP contribution >= 0.6 is 0 Å². The van der Waals surface area contributed by atoms with Crippen LogP contribution in [0.3, 0.4) is 0 Å². The normalized spacial score (nSPS) is 14.9. The first-order chi connectivity index (χ1) is 11.8. The van der Waals surface area contributed by atoms with Gasteiger partial charge < -0.3 is 0 Å². The van der Waals surface area contributed by atoms with Gasteiger partial charge in [-0.15, -0.1) is 0 Å². The van der Waals surface area contributed by atoms with E-state index >= 15 is 0 Å². The van der Waals surface area contributed by atoms with Crippen LogP contribution < -0.4 is 0 Å². The second-order valence-electron chi connectivity index (χ2n) is 8.73. The van der Waals surface area contributed by atoms with Crippen molar-refractivity contribution in [3.05, 3.63) is 83.4 Å². The molecule has 0 N–H and O–H groups in total. The van der Waals surface area contributed by atoms with Gasteiger partial charge in [0.1, 0.15) is 0 Å². The molecule has 4 rings (SSSR count). The van der Waals surface area contributed by atoms with E-state index in [0.717, 1.165) is 0 Å². The van der Waals surface area contributed by atoms with Crippen molar-refractivity contribution in [1.29, 1.82) is 0 Å². The Morgan fingerprint density at radius 3 is 2.08 bits per heavy atom. The highest BCUT2D eigenvalue weighted by Crippen LogP contribution is 2.52. The lowest BCUT2D eigenvalue weighted by atomic mass is 9.79. The van der Waals surface area contributed by atoms with Crippen molar-refractivity contribution in [3.63, 3.8) is 0 Å². The third-order valence-electron chi connectivity index (χ3n) is 5.62. The Balaban J connectivity index is 1.97. The Labute approximate surface area is 151 Å². The number of fused-ring (bicyclic) bond motifs is 3. The largest absolute Gasteiger partial charge is 0.0622 e. The van der Waals surface area contributed by atoms with Crippen molar-refractivity contribution < 1.29 is 0 Å². The minimum atomic E-state index is 0.0384. The van der Waals surface area contributed by atoms with E-state index in [1.165, 1.54) is 38.9 Å². The fourth-order valence-electron chi connectivity index (χ4n) is 4.22. The molecule has 0 saturated heterocycles. The van der Waals surface area contributed by atoms with Crippen LogP contribution in [0.25, 0.3) is 22.3 Å². The zero-order valence-electron chi connectivity index (χ0n) is 15.9. The molecule has 0 fully saturated rings. The van der Waals surface area contributed by atoms with Crippen LogP contribution in [0.5, 0.6) is 0 Å². The van der Waals surface area contributed by atoms with Crippen molar-refractivity contribution in [1.82, 2.24) is 0 Å². The summed E-state index contributed by atoms with van der Waals surface area (Å²) in [4.78, 5) is 0. The zero-order chi connectivity index (χ0) is 17.8. The van der Waals surface area contributed by atoms with E-state index in [1.54, 1.807) is 0 Å². The molecular formula is C25H26. The first kappa shape index (κ1) is 16.1. The highest BCUT2D eigenvalue weighted by molar-refractivity contribution is 5.86. The van der Waals surface area contributed by atoms with Gasteiger partial charge in [0.2, 0.25) is 0 Å². The molecule has 1 aliphatic rings. The summed E-state index contributed by atoms with van der Waals surface area (Å²) >= 11 is 0. The standard InChI is InChI=1S/C25H26/c1-24(2,3)20-12-9-13-21-23(20)19-15-14-18(16-22(19)25(21,4)5)17-10-7-6-8-11-17/h6-16H,1-5H3. The van der Waals surface area contributed by atoms with Gasteiger partial charge in [0, 0.05) is 5.41 Å². The monoisotopic (exact) mass is 326 g/mol. The minimum Gasteiger partial charge on any atom is -0.0622 e. The molecule has 3 aromatic carbocycles. The maximum absolute atomic E-state index is 2.40. The van der Waals surface area contributed by atoms with Gasteiger partial charge in [-0.05, 0) is 50.4 Å². The van der Waals surface area contributed by atoms with Crippen molar-refractivity contribution in [3.8, 4) is 22.3 Å². The molecule has 0 radical (unpaired) electrons. The fourth-order valence-corrected chi connectivity index (χ4v) is 4.22. The molecule has 126 valence electrons. The summed E-state index contributed by atoms with van der Waals surface area (Å²) in [6.07, 6.45) is 0. The van der Waals surface area contributed by atoms with E-state index in [2.05, 4.69) is 101 Å². The van der Waals surface area contributed by atoms with E-state index in [9.17, 15) is 0 Å². The third-order valence-corrected chi connectivity index (χ3v) is 5.62. The molecule has 0 amide bonds. The lowest BCUT2D eigenvalue weighted by molar-refractivity contribution is 0.589. The summed E-state index contributed by atoms with van der Waals surface area (Å²) in [5, 5.41) is 0. The summed E-state index contributed by atoms with van der Waals surface area (Å²) < 4.78 is 0. The van der Waals surface area contributed by atoms with E-state index in [-0.39, 0.29) is 10.8 Å². The molecule has 0 saturated carbocycles. The van der Waals surface area contributed by atoms with Crippen LogP contribution in [0.4, 0.5) is 0 Å². The van der Waals surface area contributed by atoms with E-state index in [0.29, 0.717) is 0 Å². The number of benzene rings is 3. The van der Waals surface area contributed by atoms with Crippen LogP contribution in [0.2, 0.25) is 0 Å². The molecule has 0 aliphatic heterocycles. The van der Waals surface area contributed by atoms with Crippen LogP contribution in [-0.2, 0) is 10.8 Å². The predicted molar refractivity (Wildman–Crippen MR) is 108 cm³/mol. The molecule has 1 aliphatic carbocycles. The SMILES string of the molecule is CC(C)(C)c1cccc2c1-c1ccc(-c3ccccc3)cc1C2(C)C. The smallest absolute Gasteiger partial charge is 0.0159 e. The van der Waals surface area contributed by atoms with Gasteiger partial charge in [0.25, 0.3) is 0 Å². The summed E-state index contributed by atoms with van der Waals surface area (Å²) in [6.45, 7) is 11.7. The van der Waals surface area contributed by atoms with Crippen molar-refractivity contribution in [2.45, 2.75) is 45.4 Å². The average molecular weight is 326 g/mol. The van der Waals surface area contributed by atoms with Gasteiger partial charge in [0.05, 0.1) is 0 Å². The summed E-state index contributed by atoms with van der Waals surface area (Å²) in [6, 6.07) is 24.5. The number of hydrogen-bond acceptors (Lipinski definition) is 0. The van der Waals surface area contributed by atoms with Gasteiger partial charge in [-0.2, -0.15) is 0 Å². The first-order valence-corrected chi connectivity index (χ1v) is 9.14. The summed E-state index contributed by atoms with van der Waals surface area (Å²) in [5.74, 6) is 0. The second kappa shape index (κ2) is 5.33.